The van der Waals surface area contributed by atoms with Crippen LogP contribution >= 0.6 is 0 Å². The van der Waals surface area contributed by atoms with Crippen molar-refractivity contribution in [2.45, 2.75) is 19.1 Å². The molecule has 31 heavy (non-hydrogen) atoms. The van der Waals surface area contributed by atoms with Crippen LogP contribution in [-0.2, 0) is 20.9 Å². The Morgan fingerprint density at radius 1 is 1.16 bits per heavy atom. The lowest BCUT2D eigenvalue weighted by Gasteiger charge is -2.15. The molecule has 0 bridgehead atoms. The summed E-state index contributed by atoms with van der Waals surface area (Å²) in [6.45, 7) is 1.86. The molecule has 1 aliphatic rings. The van der Waals surface area contributed by atoms with Crippen LogP contribution in [0.2, 0.25) is 0 Å². The first-order chi connectivity index (χ1) is 14.8. The lowest BCUT2D eigenvalue weighted by Crippen LogP contribution is -2.17. The van der Waals surface area contributed by atoms with E-state index in [2.05, 4.69) is 11.4 Å². The molecule has 3 N–H and O–H groups in total. The van der Waals surface area contributed by atoms with Crippen molar-refractivity contribution in [1.82, 2.24) is 5.32 Å². The quantitative estimate of drug-likeness (QED) is 0.603. The molecular formula is C22H20F2N2O5. The van der Waals surface area contributed by atoms with E-state index in [1.807, 2.05) is 0 Å². The molecule has 7 nitrogen and oxygen atoms in total. The van der Waals surface area contributed by atoms with Gasteiger partial charge in [0, 0.05) is 29.8 Å². The Labute approximate surface area is 177 Å². The first-order valence-corrected chi connectivity index (χ1v) is 9.25. The van der Waals surface area contributed by atoms with E-state index in [0.717, 1.165) is 37.7 Å². The van der Waals surface area contributed by atoms with Crippen LogP contribution in [0.25, 0.3) is 11.1 Å². The molecule has 1 saturated heterocycles. The van der Waals surface area contributed by atoms with Gasteiger partial charge in [-0.1, -0.05) is 12.1 Å². The minimum atomic E-state index is -1.26. The maximum atomic E-state index is 14.1. The summed E-state index contributed by atoms with van der Waals surface area (Å²) >= 11 is 0. The molecule has 0 spiro atoms. The van der Waals surface area contributed by atoms with E-state index >= 15 is 0 Å². The van der Waals surface area contributed by atoms with Gasteiger partial charge in [-0.2, -0.15) is 5.26 Å². The van der Waals surface area contributed by atoms with Crippen molar-refractivity contribution in [2.75, 3.05) is 13.1 Å². The Bertz CT molecular complexity index is 995. The SMILES string of the molecule is N#Cc1cccc(-c2cc(F)ccc2F)c1CO[C@H]1CCNC1.O=C(O)/C=C/C(=O)O. The highest BCUT2D eigenvalue weighted by Crippen LogP contribution is 2.30. The Morgan fingerprint density at radius 2 is 1.87 bits per heavy atom. The molecule has 0 aromatic heterocycles. The number of nitrogens with one attached hydrogen (secondary N) is 1. The summed E-state index contributed by atoms with van der Waals surface area (Å²) in [5.74, 6) is -3.55. The minimum Gasteiger partial charge on any atom is -0.478 e. The smallest absolute Gasteiger partial charge is 0.328 e. The van der Waals surface area contributed by atoms with E-state index in [9.17, 15) is 23.6 Å². The van der Waals surface area contributed by atoms with Crippen molar-refractivity contribution >= 4 is 11.9 Å². The van der Waals surface area contributed by atoms with Crippen LogP contribution < -0.4 is 5.32 Å². The number of carbonyl (C=O) groups is 2. The maximum Gasteiger partial charge on any atom is 0.328 e. The molecule has 2 aromatic rings. The highest BCUT2D eigenvalue weighted by Gasteiger charge is 2.18. The lowest BCUT2D eigenvalue weighted by atomic mass is 9.95. The molecule has 3 rings (SSSR count). The number of aliphatic carboxylic acids is 2. The fraction of sp³-hybridized carbons (Fsp3) is 0.227. The minimum absolute atomic E-state index is 0.0759. The van der Waals surface area contributed by atoms with Crippen molar-refractivity contribution in [3.05, 3.63) is 71.3 Å². The molecule has 0 amide bonds. The van der Waals surface area contributed by atoms with Crippen molar-refractivity contribution in [3.63, 3.8) is 0 Å². The van der Waals surface area contributed by atoms with Gasteiger partial charge in [0.05, 0.1) is 24.3 Å². The molecule has 0 saturated carbocycles. The van der Waals surface area contributed by atoms with Gasteiger partial charge in [-0.25, -0.2) is 18.4 Å². The first kappa shape index (κ1) is 23.7. The second-order valence-electron chi connectivity index (χ2n) is 6.50. The highest BCUT2D eigenvalue weighted by atomic mass is 19.1. The fourth-order valence-corrected chi connectivity index (χ4v) is 2.92. The molecule has 162 valence electrons. The van der Waals surface area contributed by atoms with Gasteiger partial charge in [0.15, 0.2) is 0 Å². The van der Waals surface area contributed by atoms with Crippen LogP contribution in [0, 0.1) is 23.0 Å². The number of hydrogen-bond donors (Lipinski definition) is 3. The summed E-state index contributed by atoms with van der Waals surface area (Å²) in [5, 5.41) is 28.1. The van der Waals surface area contributed by atoms with Crippen molar-refractivity contribution < 1.29 is 33.3 Å². The molecule has 1 fully saturated rings. The Balaban J connectivity index is 0.000000366. The molecule has 0 radical (unpaired) electrons. The summed E-state index contributed by atoms with van der Waals surface area (Å²) in [6, 6.07) is 10.4. The summed E-state index contributed by atoms with van der Waals surface area (Å²) in [5.41, 5.74) is 1.64. The average molecular weight is 430 g/mol. The summed E-state index contributed by atoms with van der Waals surface area (Å²) in [4.78, 5) is 19.1. The van der Waals surface area contributed by atoms with Crippen LogP contribution in [0.15, 0.2) is 48.6 Å². The predicted octanol–water partition coefficient (Wildman–Crippen LogP) is 3.09. The van der Waals surface area contributed by atoms with Gasteiger partial charge < -0.3 is 20.3 Å². The van der Waals surface area contributed by atoms with Crippen LogP contribution in [0.1, 0.15) is 17.5 Å². The van der Waals surface area contributed by atoms with Crippen LogP contribution in [0.4, 0.5) is 8.78 Å². The summed E-state index contributed by atoms with van der Waals surface area (Å²) < 4.78 is 33.5. The second-order valence-corrected chi connectivity index (χ2v) is 6.50. The average Bonchev–Trinajstić information content (AvgIpc) is 3.26. The summed E-state index contributed by atoms with van der Waals surface area (Å²) in [6.07, 6.45) is 2.09. The zero-order chi connectivity index (χ0) is 22.8. The number of nitrogens with zero attached hydrogens (tertiary/aromatic N) is 1. The largest absolute Gasteiger partial charge is 0.478 e. The van der Waals surface area contributed by atoms with E-state index in [0.29, 0.717) is 28.8 Å². The van der Waals surface area contributed by atoms with E-state index in [1.165, 1.54) is 0 Å². The number of halogens is 2. The molecule has 2 aromatic carbocycles. The standard InChI is InChI=1S/C18H16F2N2O.C4H4O4/c19-13-4-5-18(20)16(8-13)15-3-1-2-12(9-21)17(15)11-23-14-6-7-22-10-14;5-3(6)1-2-4(7)8/h1-5,8,14,22H,6-7,10-11H2;1-2H,(H,5,6)(H,7,8)/b;2-1+/t14-;/m0./s1. The van der Waals surface area contributed by atoms with Gasteiger partial charge in [0.25, 0.3) is 0 Å². The summed E-state index contributed by atoms with van der Waals surface area (Å²) in [7, 11) is 0. The van der Waals surface area contributed by atoms with E-state index in [-0.39, 0.29) is 18.3 Å². The number of rotatable bonds is 6. The molecule has 1 atom stereocenters. The third kappa shape index (κ3) is 7.29. The monoisotopic (exact) mass is 430 g/mol. The number of benzene rings is 2. The first-order valence-electron chi connectivity index (χ1n) is 9.25. The van der Waals surface area contributed by atoms with E-state index < -0.39 is 23.6 Å². The predicted molar refractivity (Wildman–Crippen MR) is 107 cm³/mol. The Hall–Kier alpha value is -3.61. The zero-order valence-corrected chi connectivity index (χ0v) is 16.3. The third-order valence-electron chi connectivity index (χ3n) is 4.36. The number of ether oxygens (including phenoxy) is 1. The van der Waals surface area contributed by atoms with Gasteiger partial charge in [0.2, 0.25) is 0 Å². The Kier molecular flexibility index (Phi) is 8.81. The van der Waals surface area contributed by atoms with Gasteiger partial charge >= 0.3 is 11.9 Å². The van der Waals surface area contributed by atoms with Gasteiger partial charge in [-0.3, -0.25) is 0 Å². The highest BCUT2D eigenvalue weighted by molar-refractivity contribution is 5.89. The van der Waals surface area contributed by atoms with Gasteiger partial charge in [0.1, 0.15) is 11.6 Å². The number of nitriles is 1. The zero-order valence-electron chi connectivity index (χ0n) is 16.3. The third-order valence-corrected chi connectivity index (χ3v) is 4.36. The molecule has 0 aliphatic carbocycles. The molecule has 9 heteroatoms. The van der Waals surface area contributed by atoms with Crippen LogP contribution in [0.5, 0.6) is 0 Å². The fourth-order valence-electron chi connectivity index (χ4n) is 2.92. The van der Waals surface area contributed by atoms with Gasteiger partial charge in [-0.15, -0.1) is 0 Å². The second kappa shape index (κ2) is 11.5. The number of carboxylic acids is 2. The number of hydrogen-bond acceptors (Lipinski definition) is 5. The molecule has 0 unspecified atom stereocenters. The molecule has 1 aliphatic heterocycles. The normalized spacial score (nSPS) is 15.2. The number of carboxylic acid groups (broad SMARTS) is 2. The van der Waals surface area contributed by atoms with E-state index in [4.69, 9.17) is 14.9 Å². The van der Waals surface area contributed by atoms with E-state index in [1.54, 1.807) is 18.2 Å². The topological polar surface area (TPSA) is 120 Å². The van der Waals surface area contributed by atoms with Crippen molar-refractivity contribution in [1.29, 1.82) is 5.26 Å². The molecular weight excluding hydrogens is 410 g/mol. The lowest BCUT2D eigenvalue weighted by molar-refractivity contribution is -0.134. The van der Waals surface area contributed by atoms with Crippen molar-refractivity contribution in [2.24, 2.45) is 0 Å². The van der Waals surface area contributed by atoms with Crippen LogP contribution in [-0.4, -0.2) is 41.3 Å². The Morgan fingerprint density at radius 3 is 2.45 bits per heavy atom. The molecule has 1 heterocycles. The van der Waals surface area contributed by atoms with Gasteiger partial charge in [-0.05, 0) is 42.8 Å². The van der Waals surface area contributed by atoms with Crippen molar-refractivity contribution in [3.8, 4) is 17.2 Å². The maximum absolute atomic E-state index is 14.1. The van der Waals surface area contributed by atoms with Crippen LogP contribution in [0.3, 0.4) is 0 Å².